The summed E-state index contributed by atoms with van der Waals surface area (Å²) in [6, 6.07) is 2.22. The summed E-state index contributed by atoms with van der Waals surface area (Å²) in [5.74, 6) is -2.58. The van der Waals surface area contributed by atoms with Crippen molar-refractivity contribution < 1.29 is 23.1 Å². The first-order valence-electron chi connectivity index (χ1n) is 5.79. The Morgan fingerprint density at radius 1 is 1.37 bits per heavy atom. The molecule has 0 aromatic heterocycles. The van der Waals surface area contributed by atoms with Gasteiger partial charge in [0.15, 0.2) is 0 Å². The Labute approximate surface area is 109 Å². The lowest BCUT2D eigenvalue weighted by Crippen LogP contribution is -2.41. The highest BCUT2D eigenvalue weighted by molar-refractivity contribution is 5.85. The molecule has 19 heavy (non-hydrogen) atoms. The standard InChI is InChI=1S/C13H15F2NO3/c1-3-11(13(18)19-2)16-12(17)6-8-4-5-9(14)7-10(8)15/h4-5,7,11H,3,6H2,1-2H3,(H,16,17)/t11-/m1/s1. The van der Waals surface area contributed by atoms with Crippen LogP contribution in [0.15, 0.2) is 18.2 Å². The lowest BCUT2D eigenvalue weighted by Gasteiger charge is -2.14. The molecule has 0 radical (unpaired) electrons. The van der Waals surface area contributed by atoms with Crippen molar-refractivity contribution >= 4 is 11.9 Å². The van der Waals surface area contributed by atoms with E-state index in [1.807, 2.05) is 0 Å². The number of hydrogen-bond donors (Lipinski definition) is 1. The first kappa shape index (κ1) is 15.1. The van der Waals surface area contributed by atoms with E-state index in [-0.39, 0.29) is 12.0 Å². The van der Waals surface area contributed by atoms with Gasteiger partial charge in [0, 0.05) is 6.07 Å². The van der Waals surface area contributed by atoms with Crippen LogP contribution < -0.4 is 5.32 Å². The van der Waals surface area contributed by atoms with Gasteiger partial charge in [0.25, 0.3) is 0 Å². The summed E-state index contributed by atoms with van der Waals surface area (Å²) in [6.45, 7) is 1.71. The number of nitrogens with one attached hydrogen (secondary N) is 1. The van der Waals surface area contributed by atoms with Crippen LogP contribution in [0.1, 0.15) is 18.9 Å². The number of methoxy groups -OCH3 is 1. The van der Waals surface area contributed by atoms with Crippen molar-refractivity contribution in [2.45, 2.75) is 25.8 Å². The molecule has 4 nitrogen and oxygen atoms in total. The van der Waals surface area contributed by atoms with Crippen LogP contribution in [0.25, 0.3) is 0 Å². The first-order chi connectivity index (χ1) is 8.97. The second-order valence-corrected chi connectivity index (χ2v) is 3.96. The molecular formula is C13H15F2NO3. The Morgan fingerprint density at radius 2 is 2.05 bits per heavy atom. The molecule has 104 valence electrons. The smallest absolute Gasteiger partial charge is 0.328 e. The molecule has 0 spiro atoms. The minimum absolute atomic E-state index is 0.0682. The van der Waals surface area contributed by atoms with Crippen LogP contribution in [0, 0.1) is 11.6 Å². The number of benzene rings is 1. The third kappa shape index (κ3) is 4.31. The van der Waals surface area contributed by atoms with Gasteiger partial charge >= 0.3 is 5.97 Å². The van der Waals surface area contributed by atoms with Crippen molar-refractivity contribution in [2.75, 3.05) is 7.11 Å². The average Bonchev–Trinajstić information content (AvgIpc) is 2.38. The van der Waals surface area contributed by atoms with Crippen LogP contribution >= 0.6 is 0 Å². The minimum atomic E-state index is -0.790. The predicted molar refractivity (Wildman–Crippen MR) is 64.3 cm³/mol. The number of amides is 1. The molecule has 0 aliphatic carbocycles. The van der Waals surface area contributed by atoms with Gasteiger partial charge in [-0.05, 0) is 18.1 Å². The molecular weight excluding hydrogens is 256 g/mol. The lowest BCUT2D eigenvalue weighted by molar-refractivity contribution is -0.145. The van der Waals surface area contributed by atoms with Gasteiger partial charge in [-0.15, -0.1) is 0 Å². The lowest BCUT2D eigenvalue weighted by atomic mass is 10.1. The topological polar surface area (TPSA) is 55.4 Å². The highest BCUT2D eigenvalue weighted by Crippen LogP contribution is 2.10. The van der Waals surface area contributed by atoms with E-state index >= 15 is 0 Å². The molecule has 0 aliphatic heterocycles. The fraction of sp³-hybridized carbons (Fsp3) is 0.385. The third-order valence-corrected chi connectivity index (χ3v) is 2.60. The van der Waals surface area contributed by atoms with Gasteiger partial charge in [0.1, 0.15) is 17.7 Å². The largest absolute Gasteiger partial charge is 0.467 e. The summed E-state index contributed by atoms with van der Waals surface area (Å²) >= 11 is 0. The van der Waals surface area contributed by atoms with E-state index in [9.17, 15) is 18.4 Å². The predicted octanol–water partition coefficient (Wildman–Crippen LogP) is 1.58. The molecule has 0 saturated heterocycles. The number of hydrogen-bond acceptors (Lipinski definition) is 3. The highest BCUT2D eigenvalue weighted by atomic mass is 19.1. The average molecular weight is 271 g/mol. The minimum Gasteiger partial charge on any atom is -0.467 e. The Hall–Kier alpha value is -1.98. The van der Waals surface area contributed by atoms with E-state index < -0.39 is 29.6 Å². The fourth-order valence-corrected chi connectivity index (χ4v) is 1.55. The fourth-order valence-electron chi connectivity index (χ4n) is 1.55. The van der Waals surface area contributed by atoms with Gasteiger partial charge in [0.2, 0.25) is 5.91 Å². The first-order valence-corrected chi connectivity index (χ1v) is 5.79. The van der Waals surface area contributed by atoms with Crippen LogP contribution in [-0.2, 0) is 20.7 Å². The van der Waals surface area contributed by atoms with Crippen molar-refractivity contribution in [1.29, 1.82) is 0 Å². The van der Waals surface area contributed by atoms with Crippen molar-refractivity contribution in [3.05, 3.63) is 35.4 Å². The summed E-state index contributed by atoms with van der Waals surface area (Å²) < 4.78 is 30.6. The van der Waals surface area contributed by atoms with Crippen LogP contribution in [0.4, 0.5) is 8.78 Å². The molecule has 0 unspecified atom stereocenters. The molecule has 1 rings (SSSR count). The number of esters is 1. The van der Waals surface area contributed by atoms with E-state index in [2.05, 4.69) is 10.1 Å². The Bertz CT molecular complexity index is 477. The Morgan fingerprint density at radius 3 is 2.58 bits per heavy atom. The van der Waals surface area contributed by atoms with Gasteiger partial charge in [-0.25, -0.2) is 13.6 Å². The molecule has 0 saturated carbocycles. The zero-order valence-corrected chi connectivity index (χ0v) is 10.7. The quantitative estimate of drug-likeness (QED) is 0.827. The maximum absolute atomic E-state index is 13.3. The van der Waals surface area contributed by atoms with Crippen molar-refractivity contribution in [3.8, 4) is 0 Å². The number of rotatable bonds is 5. The van der Waals surface area contributed by atoms with E-state index in [1.165, 1.54) is 13.2 Å². The Kier molecular flexibility index (Phi) is 5.41. The molecule has 1 atom stereocenters. The van der Waals surface area contributed by atoms with Crippen molar-refractivity contribution in [3.63, 3.8) is 0 Å². The summed E-state index contributed by atoms with van der Waals surface area (Å²) in [5, 5.41) is 2.43. The zero-order valence-electron chi connectivity index (χ0n) is 10.7. The molecule has 1 aromatic carbocycles. The maximum atomic E-state index is 13.3. The normalized spacial score (nSPS) is 11.8. The molecule has 1 N–H and O–H groups in total. The van der Waals surface area contributed by atoms with Crippen LogP contribution in [0.5, 0.6) is 0 Å². The second-order valence-electron chi connectivity index (χ2n) is 3.96. The third-order valence-electron chi connectivity index (χ3n) is 2.60. The highest BCUT2D eigenvalue weighted by Gasteiger charge is 2.19. The maximum Gasteiger partial charge on any atom is 0.328 e. The number of carbonyl (C=O) groups is 2. The van der Waals surface area contributed by atoms with Gasteiger partial charge < -0.3 is 10.1 Å². The summed E-state index contributed by atoms with van der Waals surface area (Å²) in [6.07, 6.45) is 0.101. The molecule has 1 aromatic rings. The van der Waals surface area contributed by atoms with Gasteiger partial charge in [-0.3, -0.25) is 4.79 Å². The van der Waals surface area contributed by atoms with E-state index in [0.29, 0.717) is 12.5 Å². The van der Waals surface area contributed by atoms with Crippen LogP contribution in [0.3, 0.4) is 0 Å². The van der Waals surface area contributed by atoms with Crippen LogP contribution in [-0.4, -0.2) is 25.0 Å². The van der Waals surface area contributed by atoms with Crippen molar-refractivity contribution in [2.24, 2.45) is 0 Å². The summed E-state index contributed by atoms with van der Waals surface area (Å²) in [5.41, 5.74) is 0.0682. The Balaban J connectivity index is 2.66. The van der Waals surface area contributed by atoms with E-state index in [0.717, 1.165) is 6.07 Å². The molecule has 0 heterocycles. The molecule has 6 heteroatoms. The second kappa shape index (κ2) is 6.82. The number of ether oxygens (including phenoxy) is 1. The molecule has 1 amide bonds. The number of halogens is 2. The zero-order chi connectivity index (χ0) is 14.4. The van der Waals surface area contributed by atoms with Gasteiger partial charge in [0.05, 0.1) is 13.5 Å². The van der Waals surface area contributed by atoms with Gasteiger partial charge in [-0.2, -0.15) is 0 Å². The monoisotopic (exact) mass is 271 g/mol. The molecule has 0 fully saturated rings. The van der Waals surface area contributed by atoms with Crippen LogP contribution in [0.2, 0.25) is 0 Å². The summed E-state index contributed by atoms with van der Waals surface area (Å²) in [4.78, 5) is 22.9. The SMILES string of the molecule is CC[C@@H](NC(=O)Cc1ccc(F)cc1F)C(=O)OC. The number of carbonyl (C=O) groups excluding carboxylic acids is 2. The molecule has 0 aliphatic rings. The van der Waals surface area contributed by atoms with E-state index in [4.69, 9.17) is 0 Å². The van der Waals surface area contributed by atoms with Gasteiger partial charge in [-0.1, -0.05) is 13.0 Å². The summed E-state index contributed by atoms with van der Waals surface area (Å²) in [7, 11) is 1.22. The van der Waals surface area contributed by atoms with E-state index in [1.54, 1.807) is 6.92 Å². The van der Waals surface area contributed by atoms with Crippen molar-refractivity contribution in [1.82, 2.24) is 5.32 Å². The molecule has 0 bridgehead atoms.